The number of amides is 1. The summed E-state index contributed by atoms with van der Waals surface area (Å²) in [6.45, 7) is 2.56. The number of methoxy groups -OCH3 is 1. The van der Waals surface area contributed by atoms with Crippen LogP contribution in [0, 0.1) is 0 Å². The summed E-state index contributed by atoms with van der Waals surface area (Å²) in [5, 5.41) is 6.35. The zero-order valence-electron chi connectivity index (χ0n) is 12.6. The summed E-state index contributed by atoms with van der Waals surface area (Å²) in [6, 6.07) is 8.36. The van der Waals surface area contributed by atoms with E-state index in [4.69, 9.17) is 9.47 Å². The highest BCUT2D eigenvalue weighted by atomic mass is 16.5. The van der Waals surface area contributed by atoms with Crippen LogP contribution in [0.4, 0.5) is 5.69 Å². The predicted molar refractivity (Wildman–Crippen MR) is 82.2 cm³/mol. The molecule has 116 valence electrons. The number of rotatable bonds is 7. The van der Waals surface area contributed by atoms with Crippen LogP contribution in [-0.4, -0.2) is 38.8 Å². The van der Waals surface area contributed by atoms with E-state index in [-0.39, 0.29) is 11.9 Å². The summed E-state index contributed by atoms with van der Waals surface area (Å²) in [5.41, 5.74) is 2.16. The predicted octanol–water partition coefficient (Wildman–Crippen LogP) is 1.93. The summed E-state index contributed by atoms with van der Waals surface area (Å²) >= 11 is 0. The molecule has 5 heteroatoms. The van der Waals surface area contributed by atoms with Gasteiger partial charge < -0.3 is 20.1 Å². The zero-order chi connectivity index (χ0) is 14.9. The molecule has 0 bridgehead atoms. The van der Waals surface area contributed by atoms with Crippen LogP contribution in [0.2, 0.25) is 0 Å². The molecule has 0 saturated carbocycles. The first-order valence-electron chi connectivity index (χ1n) is 7.47. The summed E-state index contributed by atoms with van der Waals surface area (Å²) in [5.74, 6) is 0.129. The second-order valence-corrected chi connectivity index (χ2v) is 5.28. The Hall–Kier alpha value is -1.59. The monoisotopic (exact) mass is 292 g/mol. The highest BCUT2D eigenvalue weighted by Gasteiger charge is 2.16. The lowest BCUT2D eigenvalue weighted by molar-refractivity contribution is -0.120. The van der Waals surface area contributed by atoms with Crippen molar-refractivity contribution >= 4 is 11.6 Å². The van der Waals surface area contributed by atoms with Crippen molar-refractivity contribution in [3.05, 3.63) is 29.8 Å². The van der Waals surface area contributed by atoms with Crippen molar-refractivity contribution < 1.29 is 14.3 Å². The van der Waals surface area contributed by atoms with Crippen LogP contribution in [0.3, 0.4) is 0 Å². The molecule has 2 N–H and O–H groups in total. The van der Waals surface area contributed by atoms with E-state index in [1.807, 2.05) is 18.2 Å². The second-order valence-electron chi connectivity index (χ2n) is 5.28. The molecule has 1 amide bonds. The van der Waals surface area contributed by atoms with Crippen molar-refractivity contribution in [2.45, 2.75) is 31.9 Å². The van der Waals surface area contributed by atoms with Crippen LogP contribution in [0.15, 0.2) is 24.3 Å². The van der Waals surface area contributed by atoms with Crippen LogP contribution in [-0.2, 0) is 20.9 Å². The van der Waals surface area contributed by atoms with Gasteiger partial charge in [-0.2, -0.15) is 0 Å². The first-order valence-corrected chi connectivity index (χ1v) is 7.47. The minimum Gasteiger partial charge on any atom is -0.382 e. The molecule has 1 fully saturated rings. The van der Waals surface area contributed by atoms with Crippen molar-refractivity contribution in [1.29, 1.82) is 0 Å². The van der Waals surface area contributed by atoms with E-state index < -0.39 is 0 Å². The Morgan fingerprint density at radius 2 is 2.29 bits per heavy atom. The molecule has 0 aliphatic carbocycles. The van der Waals surface area contributed by atoms with Gasteiger partial charge in [0.1, 0.15) is 0 Å². The first kappa shape index (κ1) is 15.8. The van der Waals surface area contributed by atoms with Crippen molar-refractivity contribution in [1.82, 2.24) is 5.32 Å². The van der Waals surface area contributed by atoms with E-state index in [0.717, 1.165) is 30.6 Å². The largest absolute Gasteiger partial charge is 0.382 e. The standard InChI is InChI=1S/C16H24N2O3/c1-20-8-9-21-12-13-4-2-5-14(10-13)18-15-6-3-7-17-16(19)11-15/h2,4-5,10,15,18H,3,6-9,11-12H2,1H3,(H,17,19). The quantitative estimate of drug-likeness (QED) is 0.754. The fourth-order valence-corrected chi connectivity index (χ4v) is 2.42. The van der Waals surface area contributed by atoms with Gasteiger partial charge in [0, 0.05) is 31.8 Å². The van der Waals surface area contributed by atoms with E-state index in [1.165, 1.54) is 0 Å². The Labute approximate surface area is 126 Å². The van der Waals surface area contributed by atoms with Gasteiger partial charge in [-0.3, -0.25) is 4.79 Å². The molecular weight excluding hydrogens is 268 g/mol. The highest BCUT2D eigenvalue weighted by molar-refractivity contribution is 5.77. The third kappa shape index (κ3) is 5.73. The van der Waals surface area contributed by atoms with Crippen LogP contribution < -0.4 is 10.6 Å². The molecule has 1 aromatic carbocycles. The molecule has 1 aliphatic rings. The first-order chi connectivity index (χ1) is 10.3. The molecule has 0 aromatic heterocycles. The Morgan fingerprint density at radius 1 is 1.38 bits per heavy atom. The molecule has 0 spiro atoms. The Kier molecular flexibility index (Phi) is 6.50. The maximum absolute atomic E-state index is 11.6. The lowest BCUT2D eigenvalue weighted by atomic mass is 10.1. The molecule has 5 nitrogen and oxygen atoms in total. The van der Waals surface area contributed by atoms with Crippen LogP contribution >= 0.6 is 0 Å². The van der Waals surface area contributed by atoms with E-state index in [9.17, 15) is 4.79 Å². The average molecular weight is 292 g/mol. The van der Waals surface area contributed by atoms with Crippen molar-refractivity contribution in [3.8, 4) is 0 Å². The van der Waals surface area contributed by atoms with E-state index in [2.05, 4.69) is 16.7 Å². The van der Waals surface area contributed by atoms with E-state index in [1.54, 1.807) is 7.11 Å². The summed E-state index contributed by atoms with van der Waals surface area (Å²) in [6.07, 6.45) is 2.56. The Balaban J connectivity index is 1.86. The van der Waals surface area contributed by atoms with Gasteiger partial charge in [0.15, 0.2) is 0 Å². The number of carbonyl (C=O) groups is 1. The molecule has 1 saturated heterocycles. The normalized spacial score (nSPS) is 18.9. The van der Waals surface area contributed by atoms with Gasteiger partial charge >= 0.3 is 0 Å². The highest BCUT2D eigenvalue weighted by Crippen LogP contribution is 2.17. The molecule has 21 heavy (non-hydrogen) atoms. The maximum atomic E-state index is 11.6. The molecule has 1 atom stereocenters. The lowest BCUT2D eigenvalue weighted by Crippen LogP contribution is -2.26. The minimum absolute atomic E-state index is 0.129. The molecule has 1 heterocycles. The van der Waals surface area contributed by atoms with Gasteiger partial charge in [0.25, 0.3) is 0 Å². The van der Waals surface area contributed by atoms with Gasteiger partial charge in [0.2, 0.25) is 5.91 Å². The van der Waals surface area contributed by atoms with Gasteiger partial charge in [-0.15, -0.1) is 0 Å². The fourth-order valence-electron chi connectivity index (χ4n) is 2.42. The summed E-state index contributed by atoms with van der Waals surface area (Å²) < 4.78 is 10.5. The zero-order valence-corrected chi connectivity index (χ0v) is 12.6. The maximum Gasteiger partial charge on any atom is 0.222 e. The van der Waals surface area contributed by atoms with Gasteiger partial charge in [0.05, 0.1) is 19.8 Å². The number of nitrogens with one attached hydrogen (secondary N) is 2. The molecular formula is C16H24N2O3. The molecule has 1 unspecified atom stereocenters. The number of hydrogen-bond donors (Lipinski definition) is 2. The minimum atomic E-state index is 0.129. The number of hydrogen-bond acceptors (Lipinski definition) is 4. The number of benzene rings is 1. The number of anilines is 1. The SMILES string of the molecule is COCCOCc1cccc(NC2CCCNC(=O)C2)c1. The average Bonchev–Trinajstić information content (AvgIpc) is 2.68. The Morgan fingerprint density at radius 3 is 3.14 bits per heavy atom. The lowest BCUT2D eigenvalue weighted by Gasteiger charge is -2.17. The number of carbonyl (C=O) groups excluding carboxylic acids is 1. The van der Waals surface area contributed by atoms with Crippen LogP contribution in [0.25, 0.3) is 0 Å². The molecule has 2 rings (SSSR count). The van der Waals surface area contributed by atoms with Crippen molar-refractivity contribution in [2.24, 2.45) is 0 Å². The number of ether oxygens (including phenoxy) is 2. The molecule has 0 radical (unpaired) electrons. The topological polar surface area (TPSA) is 59.6 Å². The van der Waals surface area contributed by atoms with Crippen LogP contribution in [0.1, 0.15) is 24.8 Å². The van der Waals surface area contributed by atoms with Crippen molar-refractivity contribution in [3.63, 3.8) is 0 Å². The summed E-state index contributed by atoms with van der Waals surface area (Å²) in [7, 11) is 1.66. The van der Waals surface area contributed by atoms with Gasteiger partial charge in [-0.1, -0.05) is 12.1 Å². The third-order valence-electron chi connectivity index (χ3n) is 3.48. The van der Waals surface area contributed by atoms with E-state index >= 15 is 0 Å². The second kappa shape index (κ2) is 8.64. The van der Waals surface area contributed by atoms with Gasteiger partial charge in [-0.05, 0) is 30.5 Å². The van der Waals surface area contributed by atoms with Gasteiger partial charge in [-0.25, -0.2) is 0 Å². The fraction of sp³-hybridized carbons (Fsp3) is 0.562. The smallest absolute Gasteiger partial charge is 0.222 e. The van der Waals surface area contributed by atoms with Crippen molar-refractivity contribution in [2.75, 3.05) is 32.2 Å². The van der Waals surface area contributed by atoms with E-state index in [0.29, 0.717) is 26.2 Å². The Bertz CT molecular complexity index is 451. The molecule has 1 aromatic rings. The summed E-state index contributed by atoms with van der Waals surface area (Å²) in [4.78, 5) is 11.6. The van der Waals surface area contributed by atoms with Crippen LogP contribution in [0.5, 0.6) is 0 Å². The molecule has 1 aliphatic heterocycles. The third-order valence-corrected chi connectivity index (χ3v) is 3.48.